The lowest BCUT2D eigenvalue weighted by Gasteiger charge is -2.01. The molecular formula is C11H8NO2. The van der Waals surface area contributed by atoms with Gasteiger partial charge in [0.2, 0.25) is 0 Å². The number of nitrogens with zero attached hydrogens (tertiary/aromatic N) is 1. The number of rotatable bonds is 1. The minimum absolute atomic E-state index is 0.0729. The molecule has 0 heterocycles. The zero-order valence-electron chi connectivity index (χ0n) is 7.43. The van der Waals surface area contributed by atoms with Crippen LogP contribution in [0.5, 0.6) is 0 Å². The third-order valence-corrected chi connectivity index (χ3v) is 2.21. The Bertz CT molecular complexity index is 506. The first-order valence-electron chi connectivity index (χ1n) is 4.18. The van der Waals surface area contributed by atoms with Gasteiger partial charge in [-0.15, -0.1) is 0 Å². The molecule has 0 amide bonds. The van der Waals surface area contributed by atoms with Crippen molar-refractivity contribution in [1.82, 2.24) is 0 Å². The Morgan fingerprint density at radius 1 is 1.14 bits per heavy atom. The second-order valence-electron chi connectivity index (χ2n) is 3.04. The number of nitro benzene ring substituents is 1. The SMILES string of the molecule is [CH2]c1c([N+](=O)[O-])ccc2ccccc12. The smallest absolute Gasteiger partial charge is 0.258 e. The van der Waals surface area contributed by atoms with Gasteiger partial charge in [0.05, 0.1) is 4.92 Å². The van der Waals surface area contributed by atoms with Gasteiger partial charge < -0.3 is 0 Å². The van der Waals surface area contributed by atoms with Gasteiger partial charge in [-0.1, -0.05) is 24.3 Å². The average molecular weight is 186 g/mol. The maximum atomic E-state index is 10.6. The van der Waals surface area contributed by atoms with Crippen molar-refractivity contribution in [2.75, 3.05) is 0 Å². The number of benzene rings is 2. The molecule has 0 unspecified atom stereocenters. The number of fused-ring (bicyclic) bond motifs is 1. The fourth-order valence-electron chi connectivity index (χ4n) is 1.50. The minimum atomic E-state index is -0.408. The van der Waals surface area contributed by atoms with E-state index >= 15 is 0 Å². The van der Waals surface area contributed by atoms with Crippen LogP contribution in [0, 0.1) is 17.0 Å². The van der Waals surface area contributed by atoms with Crippen molar-refractivity contribution >= 4 is 16.5 Å². The number of nitro groups is 1. The van der Waals surface area contributed by atoms with E-state index in [1.807, 2.05) is 24.3 Å². The molecule has 2 aromatic rings. The molecule has 3 heteroatoms. The zero-order valence-corrected chi connectivity index (χ0v) is 7.43. The van der Waals surface area contributed by atoms with Crippen molar-refractivity contribution in [1.29, 1.82) is 0 Å². The summed E-state index contributed by atoms with van der Waals surface area (Å²) in [7, 11) is 0. The molecule has 0 saturated carbocycles. The van der Waals surface area contributed by atoms with Gasteiger partial charge in [-0.25, -0.2) is 0 Å². The molecule has 0 aliphatic carbocycles. The molecule has 0 bridgehead atoms. The summed E-state index contributed by atoms with van der Waals surface area (Å²) >= 11 is 0. The molecule has 1 radical (unpaired) electrons. The standard InChI is InChI=1S/C11H8NO2/c1-8-10-5-3-2-4-9(10)6-7-11(8)12(13)14/h2-7H,1H2. The molecule has 0 N–H and O–H groups in total. The van der Waals surface area contributed by atoms with E-state index in [9.17, 15) is 10.1 Å². The van der Waals surface area contributed by atoms with Crippen LogP contribution in [0.3, 0.4) is 0 Å². The first kappa shape index (κ1) is 8.69. The Hall–Kier alpha value is -1.90. The Morgan fingerprint density at radius 2 is 1.86 bits per heavy atom. The molecule has 14 heavy (non-hydrogen) atoms. The molecule has 0 spiro atoms. The van der Waals surface area contributed by atoms with Crippen LogP contribution in [-0.2, 0) is 0 Å². The Kier molecular flexibility index (Phi) is 1.93. The third kappa shape index (κ3) is 1.23. The highest BCUT2D eigenvalue weighted by Crippen LogP contribution is 2.26. The first-order valence-corrected chi connectivity index (χ1v) is 4.18. The van der Waals surface area contributed by atoms with Gasteiger partial charge >= 0.3 is 0 Å². The minimum Gasteiger partial charge on any atom is -0.258 e. The molecule has 3 nitrogen and oxygen atoms in total. The van der Waals surface area contributed by atoms with Crippen molar-refractivity contribution in [3.63, 3.8) is 0 Å². The number of hydrogen-bond donors (Lipinski definition) is 0. The van der Waals surface area contributed by atoms with Crippen LogP contribution < -0.4 is 0 Å². The van der Waals surface area contributed by atoms with Gasteiger partial charge in [-0.2, -0.15) is 0 Å². The van der Waals surface area contributed by atoms with E-state index < -0.39 is 4.92 Å². The van der Waals surface area contributed by atoms with Crippen molar-refractivity contribution in [3.8, 4) is 0 Å². The average Bonchev–Trinajstić information content (AvgIpc) is 2.18. The van der Waals surface area contributed by atoms with Crippen molar-refractivity contribution in [2.45, 2.75) is 0 Å². The highest BCUT2D eigenvalue weighted by Gasteiger charge is 2.11. The topological polar surface area (TPSA) is 43.1 Å². The largest absolute Gasteiger partial charge is 0.273 e. The van der Waals surface area contributed by atoms with Crippen LogP contribution >= 0.6 is 0 Å². The van der Waals surface area contributed by atoms with Crippen molar-refractivity contribution < 1.29 is 4.92 Å². The molecule has 0 fully saturated rings. The fraction of sp³-hybridized carbons (Fsp3) is 0. The second kappa shape index (κ2) is 3.10. The zero-order chi connectivity index (χ0) is 10.1. The molecule has 0 aromatic heterocycles. The van der Waals surface area contributed by atoms with Gasteiger partial charge in [0, 0.05) is 11.6 Å². The van der Waals surface area contributed by atoms with E-state index in [1.54, 1.807) is 6.07 Å². The molecular weight excluding hydrogens is 178 g/mol. The van der Waals surface area contributed by atoms with E-state index in [-0.39, 0.29) is 5.69 Å². The molecule has 0 atom stereocenters. The van der Waals surface area contributed by atoms with Crippen LogP contribution in [0.25, 0.3) is 10.8 Å². The van der Waals surface area contributed by atoms with E-state index in [0.717, 1.165) is 10.8 Å². The van der Waals surface area contributed by atoms with Gasteiger partial charge in [0.1, 0.15) is 0 Å². The van der Waals surface area contributed by atoms with Crippen molar-refractivity contribution in [2.24, 2.45) is 0 Å². The van der Waals surface area contributed by atoms with Gasteiger partial charge in [-0.05, 0) is 23.8 Å². The normalized spacial score (nSPS) is 10.4. The van der Waals surface area contributed by atoms with E-state index in [0.29, 0.717) is 5.56 Å². The summed E-state index contributed by atoms with van der Waals surface area (Å²) in [6.07, 6.45) is 0. The monoisotopic (exact) mass is 186 g/mol. The fourth-order valence-corrected chi connectivity index (χ4v) is 1.50. The molecule has 0 aliphatic rings. The summed E-state index contributed by atoms with van der Waals surface area (Å²) in [5.74, 6) is 0. The maximum absolute atomic E-state index is 10.6. The van der Waals surface area contributed by atoms with Crippen LogP contribution in [-0.4, -0.2) is 4.92 Å². The van der Waals surface area contributed by atoms with Crippen LogP contribution in [0.1, 0.15) is 5.56 Å². The molecule has 0 aliphatic heterocycles. The van der Waals surface area contributed by atoms with Crippen LogP contribution in [0.15, 0.2) is 36.4 Å². The lowest BCUT2D eigenvalue weighted by atomic mass is 10.0. The lowest BCUT2D eigenvalue weighted by Crippen LogP contribution is -1.91. The summed E-state index contributed by atoms with van der Waals surface area (Å²) in [6.45, 7) is 3.73. The highest BCUT2D eigenvalue weighted by atomic mass is 16.6. The van der Waals surface area contributed by atoms with Gasteiger partial charge in [0.25, 0.3) is 5.69 Å². The summed E-state index contributed by atoms with van der Waals surface area (Å²) in [6, 6.07) is 10.7. The number of hydrogen-bond acceptors (Lipinski definition) is 2. The van der Waals surface area contributed by atoms with Crippen molar-refractivity contribution in [3.05, 3.63) is 59.0 Å². The third-order valence-electron chi connectivity index (χ3n) is 2.21. The van der Waals surface area contributed by atoms with Gasteiger partial charge in [0.15, 0.2) is 0 Å². The summed E-state index contributed by atoms with van der Waals surface area (Å²) in [5.41, 5.74) is 0.553. The first-order chi connectivity index (χ1) is 6.70. The second-order valence-corrected chi connectivity index (χ2v) is 3.04. The summed E-state index contributed by atoms with van der Waals surface area (Å²) in [5, 5.41) is 12.4. The summed E-state index contributed by atoms with van der Waals surface area (Å²) < 4.78 is 0. The quantitative estimate of drug-likeness (QED) is 0.507. The Morgan fingerprint density at radius 3 is 2.57 bits per heavy atom. The van der Waals surface area contributed by atoms with E-state index in [1.165, 1.54) is 6.07 Å². The predicted octanol–water partition coefficient (Wildman–Crippen LogP) is 2.93. The van der Waals surface area contributed by atoms with Crippen LogP contribution in [0.4, 0.5) is 5.69 Å². The molecule has 2 aromatic carbocycles. The predicted molar refractivity (Wildman–Crippen MR) is 55.1 cm³/mol. The highest BCUT2D eigenvalue weighted by molar-refractivity contribution is 5.89. The van der Waals surface area contributed by atoms with E-state index in [4.69, 9.17) is 0 Å². The van der Waals surface area contributed by atoms with Crippen LogP contribution in [0.2, 0.25) is 0 Å². The Labute approximate surface area is 81.1 Å². The Balaban J connectivity index is 2.81. The molecule has 0 saturated heterocycles. The lowest BCUT2D eigenvalue weighted by molar-refractivity contribution is -0.385. The molecule has 2 rings (SSSR count). The summed E-state index contributed by atoms with van der Waals surface area (Å²) in [4.78, 5) is 10.2. The molecule has 69 valence electrons. The maximum Gasteiger partial charge on any atom is 0.273 e. The van der Waals surface area contributed by atoms with E-state index in [2.05, 4.69) is 6.92 Å². The van der Waals surface area contributed by atoms with Gasteiger partial charge in [-0.3, -0.25) is 10.1 Å².